The third-order valence-corrected chi connectivity index (χ3v) is 5.80. The number of carbonyl (C=O) groups is 1. The molecule has 0 spiro atoms. The molecule has 30 heavy (non-hydrogen) atoms. The Labute approximate surface area is 180 Å². The van der Waals surface area contributed by atoms with Crippen molar-refractivity contribution in [3.05, 3.63) is 59.4 Å². The molecule has 0 radical (unpaired) electrons. The highest BCUT2D eigenvalue weighted by Gasteiger charge is 2.24. The predicted molar refractivity (Wildman–Crippen MR) is 119 cm³/mol. The summed E-state index contributed by atoms with van der Waals surface area (Å²) in [6.07, 6.45) is 16.5. The Kier molecular flexibility index (Phi) is 10.9. The second kappa shape index (κ2) is 13.7. The van der Waals surface area contributed by atoms with E-state index in [1.807, 2.05) is 30.3 Å². The van der Waals surface area contributed by atoms with E-state index in [0.717, 1.165) is 44.9 Å². The van der Waals surface area contributed by atoms with E-state index in [1.54, 1.807) is 6.08 Å². The van der Waals surface area contributed by atoms with Gasteiger partial charge in [0, 0.05) is 0 Å². The maximum atomic E-state index is 12.7. The highest BCUT2D eigenvalue weighted by molar-refractivity contribution is 5.89. The van der Waals surface area contributed by atoms with Crippen molar-refractivity contribution >= 4 is 5.97 Å². The minimum atomic E-state index is -0.768. The van der Waals surface area contributed by atoms with Crippen LogP contribution in [-0.2, 0) is 11.2 Å². The van der Waals surface area contributed by atoms with Crippen LogP contribution < -0.4 is 0 Å². The molecular weight excluding hydrogens is 377 g/mol. The summed E-state index contributed by atoms with van der Waals surface area (Å²) < 4.78 is 18.4. The fraction of sp³-hybridized carbons (Fsp3) is 0.538. The molecule has 162 valence electrons. The zero-order chi connectivity index (χ0) is 21.6. The number of halogens is 1. The zero-order valence-electron chi connectivity index (χ0n) is 18.1. The molecule has 0 amide bonds. The summed E-state index contributed by atoms with van der Waals surface area (Å²) in [4.78, 5) is 12.4. The average molecular weight is 412 g/mol. The van der Waals surface area contributed by atoms with Crippen LogP contribution in [0.15, 0.2) is 48.3 Å². The van der Waals surface area contributed by atoms with Gasteiger partial charge in [0.2, 0.25) is 0 Å². The molecule has 0 unspecified atom stereocenters. The zero-order valence-corrected chi connectivity index (χ0v) is 18.1. The number of hydrogen-bond acceptors (Lipinski definition) is 3. The molecule has 0 heterocycles. The van der Waals surface area contributed by atoms with Crippen molar-refractivity contribution < 1.29 is 13.9 Å². The third kappa shape index (κ3) is 8.95. The van der Waals surface area contributed by atoms with E-state index in [-0.39, 0.29) is 12.1 Å². The van der Waals surface area contributed by atoms with E-state index in [1.165, 1.54) is 43.4 Å². The van der Waals surface area contributed by atoms with Gasteiger partial charge in [0.1, 0.15) is 12.2 Å². The molecule has 0 aromatic heterocycles. The van der Waals surface area contributed by atoms with Crippen molar-refractivity contribution in [1.29, 1.82) is 5.26 Å². The largest absolute Gasteiger partial charge is 0.459 e. The van der Waals surface area contributed by atoms with Crippen molar-refractivity contribution in [1.82, 2.24) is 0 Å². The van der Waals surface area contributed by atoms with Gasteiger partial charge in [-0.2, -0.15) is 9.65 Å². The normalized spacial score (nSPS) is 19.6. The quantitative estimate of drug-likeness (QED) is 0.167. The van der Waals surface area contributed by atoms with Crippen LogP contribution in [0.5, 0.6) is 0 Å². The first-order valence-electron chi connectivity index (χ1n) is 11.3. The third-order valence-electron chi connectivity index (χ3n) is 5.80. The Morgan fingerprint density at radius 3 is 2.57 bits per heavy atom. The Hall–Kier alpha value is -2.41. The number of carbonyl (C=O) groups excluding carboxylic acids is 1. The molecule has 1 fully saturated rings. The minimum Gasteiger partial charge on any atom is -0.459 e. The monoisotopic (exact) mass is 411 g/mol. The number of ether oxygens (including phenoxy) is 1. The second-order valence-corrected chi connectivity index (χ2v) is 8.19. The Morgan fingerprint density at radius 1 is 1.17 bits per heavy atom. The molecule has 1 aromatic carbocycles. The molecular formula is C26H34FNO2. The lowest BCUT2D eigenvalue weighted by atomic mass is 9.84. The highest BCUT2D eigenvalue weighted by Crippen LogP contribution is 2.30. The topological polar surface area (TPSA) is 50.1 Å². The lowest BCUT2D eigenvalue weighted by Gasteiger charge is -2.28. The molecule has 1 aromatic rings. The van der Waals surface area contributed by atoms with E-state index in [0.29, 0.717) is 11.5 Å². The van der Waals surface area contributed by atoms with Crippen LogP contribution in [0, 0.1) is 17.2 Å². The molecule has 0 saturated heterocycles. The van der Waals surface area contributed by atoms with Crippen LogP contribution in [0.25, 0.3) is 0 Å². The van der Waals surface area contributed by atoms with Gasteiger partial charge < -0.3 is 4.74 Å². The SMILES string of the molecule is CCCCCCc1ccc(C(=O)OC2CCC(CCC=CC=C(F)C#N)CC2)cc1. The highest BCUT2D eigenvalue weighted by atomic mass is 19.1. The lowest BCUT2D eigenvalue weighted by molar-refractivity contribution is 0.0162. The standard InChI is InChI=1S/C26H34FNO2/c1-2-3-4-6-9-21-12-16-23(17-13-21)26(29)30-25-18-14-22(15-19-25)10-7-5-8-11-24(27)20-28/h5,8,11-13,16-17,22,25H,2-4,6-7,9-10,14-15,18-19H2,1H3. The van der Waals surface area contributed by atoms with Crippen molar-refractivity contribution in [2.24, 2.45) is 5.92 Å². The first-order valence-corrected chi connectivity index (χ1v) is 11.3. The molecule has 3 nitrogen and oxygen atoms in total. The molecule has 0 aliphatic heterocycles. The van der Waals surface area contributed by atoms with Crippen LogP contribution >= 0.6 is 0 Å². The Bertz CT molecular complexity index is 737. The van der Waals surface area contributed by atoms with E-state index in [4.69, 9.17) is 10.00 Å². The van der Waals surface area contributed by atoms with Crippen molar-refractivity contribution in [3.63, 3.8) is 0 Å². The van der Waals surface area contributed by atoms with Gasteiger partial charge in [-0.25, -0.2) is 4.79 Å². The van der Waals surface area contributed by atoms with Crippen LogP contribution in [0.4, 0.5) is 4.39 Å². The first-order chi connectivity index (χ1) is 14.6. The number of hydrogen-bond donors (Lipinski definition) is 0. The van der Waals surface area contributed by atoms with E-state index < -0.39 is 5.83 Å². The van der Waals surface area contributed by atoms with Gasteiger partial charge >= 0.3 is 5.97 Å². The number of aryl methyl sites for hydroxylation is 1. The van der Waals surface area contributed by atoms with Crippen molar-refractivity contribution in [2.45, 2.75) is 83.7 Å². The molecule has 1 aliphatic rings. The number of nitrogens with zero attached hydrogens (tertiary/aromatic N) is 1. The number of allylic oxidation sites excluding steroid dienone is 4. The Balaban J connectivity index is 1.67. The smallest absolute Gasteiger partial charge is 0.338 e. The van der Waals surface area contributed by atoms with E-state index >= 15 is 0 Å². The summed E-state index contributed by atoms with van der Waals surface area (Å²) >= 11 is 0. The fourth-order valence-electron chi connectivity index (χ4n) is 3.94. The van der Waals surface area contributed by atoms with Gasteiger partial charge in [-0.3, -0.25) is 0 Å². The van der Waals surface area contributed by atoms with Gasteiger partial charge in [-0.15, -0.1) is 0 Å². The van der Waals surface area contributed by atoms with Crippen LogP contribution in [0.1, 0.15) is 87.1 Å². The summed E-state index contributed by atoms with van der Waals surface area (Å²) in [6, 6.07) is 9.32. The summed E-state index contributed by atoms with van der Waals surface area (Å²) in [6.45, 7) is 2.21. The molecule has 4 heteroatoms. The second-order valence-electron chi connectivity index (χ2n) is 8.19. The fourth-order valence-corrected chi connectivity index (χ4v) is 3.94. The summed E-state index contributed by atoms with van der Waals surface area (Å²) in [5.74, 6) is -0.373. The number of esters is 1. The van der Waals surface area contributed by atoms with E-state index in [2.05, 4.69) is 6.92 Å². The molecule has 2 rings (SSSR count). The van der Waals surface area contributed by atoms with Gasteiger partial charge in [0.25, 0.3) is 0 Å². The molecule has 1 aliphatic carbocycles. The van der Waals surface area contributed by atoms with Gasteiger partial charge in [-0.05, 0) is 81.1 Å². The number of unbranched alkanes of at least 4 members (excludes halogenated alkanes) is 3. The van der Waals surface area contributed by atoms with Crippen LogP contribution in [0.2, 0.25) is 0 Å². The average Bonchev–Trinajstić information content (AvgIpc) is 2.77. The lowest BCUT2D eigenvalue weighted by Crippen LogP contribution is -2.24. The maximum Gasteiger partial charge on any atom is 0.338 e. The molecule has 0 atom stereocenters. The summed E-state index contributed by atoms with van der Waals surface area (Å²) in [5.41, 5.74) is 1.92. The van der Waals surface area contributed by atoms with Crippen molar-refractivity contribution in [2.75, 3.05) is 0 Å². The maximum absolute atomic E-state index is 12.7. The number of benzene rings is 1. The minimum absolute atomic E-state index is 0.00525. The van der Waals surface area contributed by atoms with Gasteiger partial charge in [0.05, 0.1) is 5.56 Å². The van der Waals surface area contributed by atoms with Crippen LogP contribution in [-0.4, -0.2) is 12.1 Å². The summed E-state index contributed by atoms with van der Waals surface area (Å²) in [5, 5.41) is 8.35. The first kappa shape index (κ1) is 23.9. The van der Waals surface area contributed by atoms with Crippen molar-refractivity contribution in [3.8, 4) is 6.07 Å². The predicted octanol–water partition coefficient (Wildman–Crippen LogP) is 7.24. The summed E-state index contributed by atoms with van der Waals surface area (Å²) in [7, 11) is 0. The number of rotatable bonds is 11. The van der Waals surface area contributed by atoms with Gasteiger partial charge in [0.15, 0.2) is 5.83 Å². The molecule has 0 bridgehead atoms. The van der Waals surface area contributed by atoms with Crippen LogP contribution in [0.3, 0.4) is 0 Å². The molecule has 1 saturated carbocycles. The molecule has 0 N–H and O–H groups in total. The number of nitriles is 1. The van der Waals surface area contributed by atoms with E-state index in [9.17, 15) is 9.18 Å². The Morgan fingerprint density at radius 2 is 1.90 bits per heavy atom. The van der Waals surface area contributed by atoms with Gasteiger partial charge in [-0.1, -0.05) is 50.5 Å².